The molecule has 20 heavy (non-hydrogen) atoms. The molecule has 1 heterocycles. The first-order valence-electron chi connectivity index (χ1n) is 7.57. The van der Waals surface area contributed by atoms with Crippen LogP contribution in [-0.2, 0) is 4.74 Å². The second-order valence-electron chi connectivity index (χ2n) is 5.44. The van der Waals surface area contributed by atoms with Gasteiger partial charge in [0, 0.05) is 45.8 Å². The molecule has 1 fully saturated rings. The van der Waals surface area contributed by atoms with E-state index in [0.717, 1.165) is 50.0 Å². The molecule has 0 atom stereocenters. The van der Waals surface area contributed by atoms with E-state index in [0.29, 0.717) is 5.92 Å². The van der Waals surface area contributed by atoms with Crippen molar-refractivity contribution in [3.05, 3.63) is 11.9 Å². The Morgan fingerprint density at radius 1 is 1.40 bits per heavy atom. The Balaban J connectivity index is 2.06. The third kappa shape index (κ3) is 4.34. The van der Waals surface area contributed by atoms with Crippen LogP contribution in [0.25, 0.3) is 0 Å². The highest BCUT2D eigenvalue weighted by atomic mass is 16.5. The fraction of sp³-hybridized carbons (Fsp3) is 0.733. The first-order valence-corrected chi connectivity index (χ1v) is 7.57. The summed E-state index contributed by atoms with van der Waals surface area (Å²) in [4.78, 5) is 11.5. The molecule has 112 valence electrons. The molecule has 0 aromatic carbocycles. The molecule has 0 aliphatic heterocycles. The van der Waals surface area contributed by atoms with E-state index in [1.165, 1.54) is 12.8 Å². The largest absolute Gasteiger partial charge is 0.385 e. The van der Waals surface area contributed by atoms with E-state index in [9.17, 15) is 0 Å². The van der Waals surface area contributed by atoms with Crippen molar-refractivity contribution in [3.8, 4) is 0 Å². The number of hydrogen-bond acceptors (Lipinski definition) is 5. The van der Waals surface area contributed by atoms with Crippen LogP contribution in [0.5, 0.6) is 0 Å². The number of anilines is 2. The average Bonchev–Trinajstić information content (AvgIpc) is 3.29. The zero-order chi connectivity index (χ0) is 14.4. The van der Waals surface area contributed by atoms with Crippen LogP contribution in [0.3, 0.4) is 0 Å². The van der Waals surface area contributed by atoms with Crippen LogP contribution >= 0.6 is 0 Å². The third-order valence-corrected chi connectivity index (χ3v) is 3.46. The zero-order valence-electron chi connectivity index (χ0n) is 12.9. The number of nitrogens with zero attached hydrogens (tertiary/aromatic N) is 3. The Bertz CT molecular complexity index is 420. The molecule has 5 nitrogen and oxygen atoms in total. The molecule has 0 bridgehead atoms. The van der Waals surface area contributed by atoms with Crippen molar-refractivity contribution in [2.75, 3.05) is 44.1 Å². The van der Waals surface area contributed by atoms with E-state index in [1.807, 2.05) is 6.07 Å². The number of hydrogen-bond donors (Lipinski definition) is 1. The SMILES string of the molecule is CCCNc1cc(N(C)CCCOC)nc(C2CC2)n1. The number of rotatable bonds is 9. The topological polar surface area (TPSA) is 50.3 Å². The van der Waals surface area contributed by atoms with E-state index >= 15 is 0 Å². The van der Waals surface area contributed by atoms with Gasteiger partial charge < -0.3 is 15.0 Å². The molecular formula is C15H26N4O. The molecule has 0 saturated heterocycles. The standard InChI is InChI=1S/C15H26N4O/c1-4-8-16-13-11-14(19(2)9-5-10-20-3)18-15(17-13)12-6-7-12/h11-12H,4-10H2,1-3H3,(H,16,17,18). The van der Waals surface area contributed by atoms with Gasteiger partial charge in [0.15, 0.2) is 0 Å². The van der Waals surface area contributed by atoms with Crippen LogP contribution < -0.4 is 10.2 Å². The van der Waals surface area contributed by atoms with Crippen molar-refractivity contribution in [1.29, 1.82) is 0 Å². The van der Waals surface area contributed by atoms with Gasteiger partial charge >= 0.3 is 0 Å². The summed E-state index contributed by atoms with van der Waals surface area (Å²) < 4.78 is 5.11. The highest BCUT2D eigenvalue weighted by Crippen LogP contribution is 2.39. The monoisotopic (exact) mass is 278 g/mol. The molecule has 1 saturated carbocycles. The lowest BCUT2D eigenvalue weighted by molar-refractivity contribution is 0.196. The van der Waals surface area contributed by atoms with Gasteiger partial charge in [-0.05, 0) is 25.7 Å². The minimum absolute atomic E-state index is 0.574. The minimum atomic E-state index is 0.574. The maximum Gasteiger partial charge on any atom is 0.136 e. The fourth-order valence-corrected chi connectivity index (χ4v) is 2.08. The van der Waals surface area contributed by atoms with Gasteiger partial charge in [-0.2, -0.15) is 0 Å². The quantitative estimate of drug-likeness (QED) is 0.704. The molecule has 0 unspecified atom stereocenters. The van der Waals surface area contributed by atoms with Gasteiger partial charge in [-0.25, -0.2) is 9.97 Å². The summed E-state index contributed by atoms with van der Waals surface area (Å²) in [6.45, 7) is 4.84. The lowest BCUT2D eigenvalue weighted by atomic mass is 10.3. The average molecular weight is 278 g/mol. The van der Waals surface area contributed by atoms with E-state index in [1.54, 1.807) is 7.11 Å². The summed E-state index contributed by atoms with van der Waals surface area (Å²) in [6.07, 6.45) is 4.56. The predicted molar refractivity (Wildman–Crippen MR) is 82.6 cm³/mol. The summed E-state index contributed by atoms with van der Waals surface area (Å²) >= 11 is 0. The highest BCUT2D eigenvalue weighted by Gasteiger charge is 2.27. The van der Waals surface area contributed by atoms with Crippen molar-refractivity contribution >= 4 is 11.6 Å². The Kier molecular flexibility index (Phi) is 5.59. The van der Waals surface area contributed by atoms with Crippen LogP contribution in [0.1, 0.15) is 44.3 Å². The van der Waals surface area contributed by atoms with Crippen LogP contribution in [-0.4, -0.2) is 43.8 Å². The summed E-state index contributed by atoms with van der Waals surface area (Å²) in [6, 6.07) is 2.05. The Labute approximate surface area is 121 Å². The van der Waals surface area contributed by atoms with Crippen LogP contribution in [0.2, 0.25) is 0 Å². The van der Waals surface area contributed by atoms with E-state index in [2.05, 4.69) is 29.2 Å². The smallest absolute Gasteiger partial charge is 0.136 e. The van der Waals surface area contributed by atoms with Crippen molar-refractivity contribution in [3.63, 3.8) is 0 Å². The minimum Gasteiger partial charge on any atom is -0.385 e. The van der Waals surface area contributed by atoms with Gasteiger partial charge in [-0.1, -0.05) is 6.92 Å². The summed E-state index contributed by atoms with van der Waals surface area (Å²) in [5.74, 6) is 3.54. The first-order chi connectivity index (χ1) is 9.74. The van der Waals surface area contributed by atoms with Crippen LogP contribution in [0.15, 0.2) is 6.07 Å². The maximum absolute atomic E-state index is 5.11. The second kappa shape index (κ2) is 7.43. The van der Waals surface area contributed by atoms with Crippen LogP contribution in [0, 0.1) is 0 Å². The molecule has 0 amide bonds. The maximum atomic E-state index is 5.11. The fourth-order valence-electron chi connectivity index (χ4n) is 2.08. The lowest BCUT2D eigenvalue weighted by Gasteiger charge is -2.19. The Hall–Kier alpha value is -1.36. The van der Waals surface area contributed by atoms with Crippen molar-refractivity contribution in [1.82, 2.24) is 9.97 Å². The van der Waals surface area contributed by atoms with Crippen LogP contribution in [0.4, 0.5) is 11.6 Å². The Morgan fingerprint density at radius 2 is 2.20 bits per heavy atom. The predicted octanol–water partition coefficient (Wildman–Crippen LogP) is 2.65. The molecule has 1 aromatic rings. The van der Waals surface area contributed by atoms with Gasteiger partial charge in [0.2, 0.25) is 0 Å². The summed E-state index contributed by atoms with van der Waals surface area (Å²) in [5.41, 5.74) is 0. The normalized spacial score (nSPS) is 14.3. The van der Waals surface area contributed by atoms with Crippen molar-refractivity contribution in [2.24, 2.45) is 0 Å². The van der Waals surface area contributed by atoms with E-state index in [4.69, 9.17) is 9.72 Å². The summed E-state index contributed by atoms with van der Waals surface area (Å²) in [5, 5.41) is 3.38. The molecule has 5 heteroatoms. The molecule has 1 aliphatic rings. The molecular weight excluding hydrogens is 252 g/mol. The highest BCUT2D eigenvalue weighted by molar-refractivity contribution is 5.49. The third-order valence-electron chi connectivity index (χ3n) is 3.46. The lowest BCUT2D eigenvalue weighted by Crippen LogP contribution is -2.22. The second-order valence-corrected chi connectivity index (χ2v) is 5.44. The van der Waals surface area contributed by atoms with Gasteiger partial charge in [-0.3, -0.25) is 0 Å². The van der Waals surface area contributed by atoms with Gasteiger partial charge in [0.25, 0.3) is 0 Å². The summed E-state index contributed by atoms with van der Waals surface area (Å²) in [7, 11) is 3.82. The Morgan fingerprint density at radius 3 is 2.85 bits per heavy atom. The van der Waals surface area contributed by atoms with E-state index < -0.39 is 0 Å². The van der Waals surface area contributed by atoms with Crippen molar-refractivity contribution in [2.45, 2.75) is 38.5 Å². The van der Waals surface area contributed by atoms with E-state index in [-0.39, 0.29) is 0 Å². The van der Waals surface area contributed by atoms with Gasteiger partial charge in [0.1, 0.15) is 17.5 Å². The first kappa shape index (κ1) is 15.0. The number of nitrogens with one attached hydrogen (secondary N) is 1. The molecule has 1 aromatic heterocycles. The molecule has 0 radical (unpaired) electrons. The number of methoxy groups -OCH3 is 1. The molecule has 2 rings (SSSR count). The molecule has 1 aliphatic carbocycles. The van der Waals surface area contributed by atoms with Gasteiger partial charge in [-0.15, -0.1) is 0 Å². The zero-order valence-corrected chi connectivity index (χ0v) is 12.9. The van der Waals surface area contributed by atoms with Gasteiger partial charge in [0.05, 0.1) is 0 Å². The molecule has 0 spiro atoms. The number of aromatic nitrogens is 2. The number of ether oxygens (including phenoxy) is 1. The molecule has 1 N–H and O–H groups in total. The van der Waals surface area contributed by atoms with Crippen molar-refractivity contribution < 1.29 is 4.74 Å².